The molecular formula is C13H15NO4. The van der Waals surface area contributed by atoms with Crippen LogP contribution < -0.4 is 14.8 Å². The molecule has 1 saturated carbocycles. The molecule has 0 atom stereocenters. The Morgan fingerprint density at radius 3 is 2.67 bits per heavy atom. The lowest BCUT2D eigenvalue weighted by Crippen LogP contribution is -2.24. The quantitative estimate of drug-likeness (QED) is 0.854. The second kappa shape index (κ2) is 3.80. The van der Waals surface area contributed by atoms with E-state index in [1.54, 1.807) is 0 Å². The first-order valence-corrected chi connectivity index (χ1v) is 5.98. The summed E-state index contributed by atoms with van der Waals surface area (Å²) < 4.78 is 10.6. The van der Waals surface area contributed by atoms with E-state index in [1.807, 2.05) is 19.1 Å². The van der Waals surface area contributed by atoms with Crippen LogP contribution in [-0.2, 0) is 4.79 Å². The van der Waals surface area contributed by atoms with Crippen molar-refractivity contribution in [3.05, 3.63) is 17.7 Å². The Bertz CT molecular complexity index is 508. The van der Waals surface area contributed by atoms with Gasteiger partial charge in [-0.2, -0.15) is 0 Å². The Morgan fingerprint density at radius 2 is 2.06 bits per heavy atom. The molecule has 5 nitrogen and oxygen atoms in total. The van der Waals surface area contributed by atoms with Gasteiger partial charge in [-0.25, -0.2) is 0 Å². The number of fused-ring (bicyclic) bond motifs is 1. The molecule has 0 amide bonds. The summed E-state index contributed by atoms with van der Waals surface area (Å²) in [6, 6.07) is 3.78. The number of anilines is 1. The summed E-state index contributed by atoms with van der Waals surface area (Å²) in [6.45, 7) is 2.67. The summed E-state index contributed by atoms with van der Waals surface area (Å²) in [5, 5.41) is 12.3. The molecule has 1 heterocycles. The van der Waals surface area contributed by atoms with Crippen molar-refractivity contribution < 1.29 is 19.4 Å². The monoisotopic (exact) mass is 249 g/mol. The molecule has 0 bridgehead atoms. The van der Waals surface area contributed by atoms with Gasteiger partial charge in [-0.3, -0.25) is 4.79 Å². The number of carboxylic acid groups (broad SMARTS) is 1. The Morgan fingerprint density at radius 1 is 1.39 bits per heavy atom. The smallest absolute Gasteiger partial charge is 0.311 e. The second-order valence-corrected chi connectivity index (χ2v) is 4.96. The second-order valence-electron chi connectivity index (χ2n) is 4.96. The maximum atomic E-state index is 11.1. The largest absolute Gasteiger partial charge is 0.481 e. The maximum Gasteiger partial charge on any atom is 0.311 e. The van der Waals surface area contributed by atoms with Crippen molar-refractivity contribution in [1.82, 2.24) is 0 Å². The summed E-state index contributed by atoms with van der Waals surface area (Å²) >= 11 is 0. The molecule has 1 aromatic rings. The number of nitrogens with one attached hydrogen (secondary N) is 1. The molecule has 18 heavy (non-hydrogen) atoms. The summed E-state index contributed by atoms with van der Waals surface area (Å²) in [5.74, 6) is 0.745. The number of ether oxygens (including phenoxy) is 2. The molecule has 2 N–H and O–H groups in total. The third-order valence-electron chi connectivity index (χ3n) is 3.64. The van der Waals surface area contributed by atoms with Gasteiger partial charge in [0.15, 0.2) is 11.5 Å². The molecule has 3 rings (SSSR count). The Labute approximate surface area is 105 Å². The number of aliphatic carboxylic acids is 1. The number of hydrogen-bond acceptors (Lipinski definition) is 4. The Kier molecular flexibility index (Phi) is 2.36. The molecule has 0 saturated heterocycles. The highest BCUT2D eigenvalue weighted by molar-refractivity contribution is 5.78. The summed E-state index contributed by atoms with van der Waals surface area (Å²) in [5.41, 5.74) is 1.37. The predicted octanol–water partition coefficient (Wildman–Crippen LogP) is 2.00. The van der Waals surface area contributed by atoms with Crippen molar-refractivity contribution in [3.8, 4) is 11.5 Å². The minimum absolute atomic E-state index is 0.247. The molecule has 1 aromatic carbocycles. The first-order valence-electron chi connectivity index (χ1n) is 5.98. The lowest BCUT2D eigenvalue weighted by molar-refractivity contribution is -0.142. The number of carbonyl (C=O) groups is 1. The van der Waals surface area contributed by atoms with Gasteiger partial charge in [0.1, 0.15) is 0 Å². The van der Waals surface area contributed by atoms with Crippen LogP contribution in [0.1, 0.15) is 18.4 Å². The molecule has 2 aliphatic rings. The zero-order chi connectivity index (χ0) is 12.8. The van der Waals surface area contributed by atoms with Crippen molar-refractivity contribution >= 4 is 11.7 Å². The fourth-order valence-corrected chi connectivity index (χ4v) is 2.12. The van der Waals surface area contributed by atoms with Gasteiger partial charge in [0.25, 0.3) is 0 Å². The SMILES string of the molecule is Cc1cc2c(cc1NCC1(C(=O)O)CC1)OCO2. The minimum atomic E-state index is -0.714. The summed E-state index contributed by atoms with van der Waals surface area (Å²) in [4.78, 5) is 11.1. The average molecular weight is 249 g/mol. The standard InChI is InChI=1S/C13H15NO4/c1-8-4-10-11(18-7-17-10)5-9(8)14-6-13(2-3-13)12(15)16/h4-5,14H,2-3,6-7H2,1H3,(H,15,16). The Balaban J connectivity index is 1.75. The van der Waals surface area contributed by atoms with Crippen LogP contribution in [-0.4, -0.2) is 24.4 Å². The van der Waals surface area contributed by atoms with Gasteiger partial charge in [0.2, 0.25) is 6.79 Å². The van der Waals surface area contributed by atoms with E-state index in [4.69, 9.17) is 14.6 Å². The average Bonchev–Trinajstić information content (AvgIpc) is 3.00. The molecule has 0 unspecified atom stereocenters. The number of rotatable bonds is 4. The van der Waals surface area contributed by atoms with E-state index >= 15 is 0 Å². The van der Waals surface area contributed by atoms with E-state index in [-0.39, 0.29) is 6.79 Å². The van der Waals surface area contributed by atoms with Gasteiger partial charge in [-0.15, -0.1) is 0 Å². The van der Waals surface area contributed by atoms with Crippen molar-refractivity contribution in [2.24, 2.45) is 5.41 Å². The van der Waals surface area contributed by atoms with E-state index in [9.17, 15) is 4.79 Å². The van der Waals surface area contributed by atoms with Gasteiger partial charge >= 0.3 is 5.97 Å². The summed E-state index contributed by atoms with van der Waals surface area (Å²) in [6.07, 6.45) is 1.50. The zero-order valence-corrected chi connectivity index (χ0v) is 10.2. The fraction of sp³-hybridized carbons (Fsp3) is 0.462. The number of carboxylic acids is 1. The van der Waals surface area contributed by atoms with Crippen LogP contribution in [0.25, 0.3) is 0 Å². The predicted molar refractivity (Wildman–Crippen MR) is 65.1 cm³/mol. The van der Waals surface area contributed by atoms with Crippen molar-refractivity contribution in [2.45, 2.75) is 19.8 Å². The highest BCUT2D eigenvalue weighted by Crippen LogP contribution is 2.46. The molecular weight excluding hydrogens is 234 g/mol. The van der Waals surface area contributed by atoms with Crippen LogP contribution in [0.3, 0.4) is 0 Å². The third-order valence-corrected chi connectivity index (χ3v) is 3.64. The van der Waals surface area contributed by atoms with E-state index in [0.29, 0.717) is 12.3 Å². The zero-order valence-electron chi connectivity index (χ0n) is 10.2. The number of benzene rings is 1. The lowest BCUT2D eigenvalue weighted by Gasteiger charge is -2.14. The first kappa shape index (κ1) is 11.2. The van der Waals surface area contributed by atoms with Crippen LogP contribution >= 0.6 is 0 Å². The number of hydrogen-bond donors (Lipinski definition) is 2. The van der Waals surface area contributed by atoms with Crippen molar-refractivity contribution in [3.63, 3.8) is 0 Å². The van der Waals surface area contributed by atoms with Crippen molar-refractivity contribution in [2.75, 3.05) is 18.7 Å². The van der Waals surface area contributed by atoms with Gasteiger partial charge in [-0.05, 0) is 31.4 Å². The van der Waals surface area contributed by atoms with Gasteiger partial charge in [-0.1, -0.05) is 0 Å². The topological polar surface area (TPSA) is 67.8 Å². The lowest BCUT2D eigenvalue weighted by atomic mass is 10.1. The highest BCUT2D eigenvalue weighted by Gasteiger charge is 2.50. The molecule has 0 aromatic heterocycles. The molecule has 1 aliphatic heterocycles. The van der Waals surface area contributed by atoms with Gasteiger partial charge < -0.3 is 19.9 Å². The van der Waals surface area contributed by atoms with Crippen LogP contribution in [0.5, 0.6) is 11.5 Å². The molecule has 5 heteroatoms. The van der Waals surface area contributed by atoms with E-state index in [0.717, 1.165) is 29.8 Å². The van der Waals surface area contributed by atoms with E-state index in [2.05, 4.69) is 5.32 Å². The van der Waals surface area contributed by atoms with E-state index < -0.39 is 11.4 Å². The highest BCUT2D eigenvalue weighted by atomic mass is 16.7. The van der Waals surface area contributed by atoms with Gasteiger partial charge in [0, 0.05) is 18.3 Å². The third kappa shape index (κ3) is 1.75. The normalized spacial score (nSPS) is 18.5. The molecule has 0 radical (unpaired) electrons. The molecule has 1 aliphatic carbocycles. The molecule has 0 spiro atoms. The summed E-state index contributed by atoms with van der Waals surface area (Å²) in [7, 11) is 0. The fourth-order valence-electron chi connectivity index (χ4n) is 2.12. The number of aryl methyl sites for hydroxylation is 1. The van der Waals surface area contributed by atoms with Crippen molar-refractivity contribution in [1.29, 1.82) is 0 Å². The first-order chi connectivity index (χ1) is 8.61. The van der Waals surface area contributed by atoms with Crippen LogP contribution in [0.2, 0.25) is 0 Å². The Hall–Kier alpha value is -1.91. The van der Waals surface area contributed by atoms with Crippen LogP contribution in [0, 0.1) is 12.3 Å². The van der Waals surface area contributed by atoms with E-state index in [1.165, 1.54) is 0 Å². The van der Waals surface area contributed by atoms with Crippen LogP contribution in [0.4, 0.5) is 5.69 Å². The van der Waals surface area contributed by atoms with Gasteiger partial charge in [0.05, 0.1) is 5.41 Å². The molecule has 96 valence electrons. The minimum Gasteiger partial charge on any atom is -0.481 e. The van der Waals surface area contributed by atoms with Crippen LogP contribution in [0.15, 0.2) is 12.1 Å². The molecule has 1 fully saturated rings. The maximum absolute atomic E-state index is 11.1.